The minimum atomic E-state index is 0.233. The molecule has 0 aliphatic carbocycles. The monoisotopic (exact) mass is 140 g/mol. The maximum Gasteiger partial charge on any atom is -0.0260 e. The smallest absolute Gasteiger partial charge is 0.0260 e. The highest BCUT2D eigenvalue weighted by molar-refractivity contribution is 8.43. The molecule has 0 bridgehead atoms. The van der Waals surface area contributed by atoms with E-state index in [1.165, 1.54) is 12.6 Å². The zero-order chi connectivity index (χ0) is 4.99. The highest BCUT2D eigenvalue weighted by atomic mass is 32.4. The molecule has 0 aromatic carbocycles. The maximum absolute atomic E-state index is 2.81. The molecule has 0 aliphatic rings. The second kappa shape index (κ2) is 4.45. The lowest BCUT2D eigenvalue weighted by atomic mass is 10.6. The second-order valence-electron chi connectivity index (χ2n) is 1.24. The van der Waals surface area contributed by atoms with E-state index in [0.717, 1.165) is 0 Å². The van der Waals surface area contributed by atoms with Crippen molar-refractivity contribution in [3.8, 4) is 0 Å². The largest absolute Gasteiger partial charge is 0.107 e. The molecule has 0 fully saturated rings. The maximum atomic E-state index is 2.81. The van der Waals surface area contributed by atoms with Gasteiger partial charge in [0.25, 0.3) is 0 Å². The van der Waals surface area contributed by atoms with Gasteiger partial charge in [0.2, 0.25) is 0 Å². The van der Waals surface area contributed by atoms with Gasteiger partial charge < -0.3 is 0 Å². The Balaban J connectivity index is 2.63. The van der Waals surface area contributed by atoms with Crippen LogP contribution in [0.25, 0.3) is 0 Å². The number of hydrogen-bond acceptors (Lipinski definition) is 0. The fourth-order valence-electron chi connectivity index (χ4n) is 0.258. The van der Waals surface area contributed by atoms with Crippen LogP contribution in [-0.4, -0.2) is 6.16 Å². The fourth-order valence-corrected chi connectivity index (χ4v) is 2.32. The molecule has 0 aliphatic heterocycles. The van der Waals surface area contributed by atoms with Crippen molar-refractivity contribution >= 4 is 25.2 Å². The molecule has 0 N–H and O–H groups in total. The summed E-state index contributed by atoms with van der Waals surface area (Å²) in [7, 11) is 5.85. The Kier molecular flexibility index (Phi) is 5.41. The van der Waals surface area contributed by atoms with Crippen LogP contribution in [0, 0.1) is 0 Å². The van der Waals surface area contributed by atoms with Crippen LogP contribution in [0.15, 0.2) is 0 Å². The number of hydrogen-bond donors (Lipinski definition) is 0. The van der Waals surface area contributed by atoms with E-state index >= 15 is 0 Å². The van der Waals surface area contributed by atoms with Crippen LogP contribution in [0.5, 0.6) is 0 Å². The lowest BCUT2D eigenvalue weighted by Gasteiger charge is -1.96. The topological polar surface area (TPSA) is 0 Å². The molecule has 0 saturated heterocycles. The van der Waals surface area contributed by atoms with Crippen molar-refractivity contribution in [3.63, 3.8) is 0 Å². The van der Waals surface area contributed by atoms with Crippen molar-refractivity contribution in [1.82, 2.24) is 0 Å². The molecule has 2 unspecified atom stereocenters. The van der Waals surface area contributed by atoms with Crippen LogP contribution in [0.1, 0.15) is 13.3 Å². The molecule has 0 aromatic heterocycles. The summed E-state index contributed by atoms with van der Waals surface area (Å²) < 4.78 is 0. The third-order valence-electron chi connectivity index (χ3n) is 0.482. The molecule has 0 nitrogen and oxygen atoms in total. The first-order valence-electron chi connectivity index (χ1n) is 2.04. The highest BCUT2D eigenvalue weighted by Crippen LogP contribution is 2.52. The van der Waals surface area contributed by atoms with Crippen molar-refractivity contribution in [2.75, 3.05) is 6.16 Å². The average molecular weight is 140 g/mol. The Morgan fingerprint density at radius 2 is 2.00 bits per heavy atom. The molecule has 0 rings (SSSR count). The second-order valence-corrected chi connectivity index (χ2v) is 8.48. The van der Waals surface area contributed by atoms with Gasteiger partial charge in [-0.3, -0.25) is 0 Å². The van der Waals surface area contributed by atoms with Crippen LogP contribution < -0.4 is 0 Å². The Morgan fingerprint density at radius 3 is 2.00 bits per heavy atom. The summed E-state index contributed by atoms with van der Waals surface area (Å²) in [5.74, 6) is 0. The molecule has 0 saturated carbocycles. The van der Waals surface area contributed by atoms with Gasteiger partial charge in [0.15, 0.2) is 0 Å². The van der Waals surface area contributed by atoms with E-state index in [9.17, 15) is 0 Å². The van der Waals surface area contributed by atoms with Gasteiger partial charge in [-0.15, -0.1) is 17.9 Å². The molecule has 0 heterocycles. The predicted molar refractivity (Wildman–Crippen MR) is 41.5 cm³/mol. The quantitative estimate of drug-likeness (QED) is 0.517. The lowest BCUT2D eigenvalue weighted by Crippen LogP contribution is -1.63. The molecular formula is C3H11P3. The summed E-state index contributed by atoms with van der Waals surface area (Å²) in [5.41, 5.74) is 0. The van der Waals surface area contributed by atoms with Gasteiger partial charge in [-0.25, -0.2) is 0 Å². The summed E-state index contributed by atoms with van der Waals surface area (Å²) in [5, 5.41) is 0. The van der Waals surface area contributed by atoms with Gasteiger partial charge in [-0.05, 0) is 6.16 Å². The summed E-state index contributed by atoms with van der Waals surface area (Å²) in [6.07, 6.45) is 2.68. The minimum Gasteiger partial charge on any atom is -0.107 e. The molecule has 2 atom stereocenters. The summed E-state index contributed by atoms with van der Waals surface area (Å²) in [6, 6.07) is 0. The van der Waals surface area contributed by atoms with Gasteiger partial charge in [-0.2, -0.15) is 0 Å². The van der Waals surface area contributed by atoms with Gasteiger partial charge in [0, 0.05) is 0 Å². The zero-order valence-corrected chi connectivity index (χ0v) is 7.22. The Morgan fingerprint density at radius 1 is 1.50 bits per heavy atom. The first-order chi connectivity index (χ1) is 2.77. The Labute approximate surface area is 45.4 Å². The van der Waals surface area contributed by atoms with Crippen LogP contribution in [0.4, 0.5) is 0 Å². The molecule has 38 valence electrons. The Bertz CT molecular complexity index is 27.2. The van der Waals surface area contributed by atoms with Crippen LogP contribution in [-0.2, 0) is 0 Å². The molecule has 0 amide bonds. The average Bonchev–Trinajstić information content (AvgIpc) is 1.35. The van der Waals surface area contributed by atoms with E-state index in [2.05, 4.69) is 24.8 Å². The van der Waals surface area contributed by atoms with Gasteiger partial charge >= 0.3 is 0 Å². The molecule has 0 radical (unpaired) electrons. The van der Waals surface area contributed by atoms with E-state index in [4.69, 9.17) is 0 Å². The van der Waals surface area contributed by atoms with E-state index in [0.29, 0.717) is 0 Å². The van der Waals surface area contributed by atoms with Gasteiger partial charge in [0.1, 0.15) is 0 Å². The minimum absolute atomic E-state index is 0.233. The van der Waals surface area contributed by atoms with E-state index in [1.54, 1.807) is 0 Å². The van der Waals surface area contributed by atoms with Crippen LogP contribution >= 0.6 is 25.2 Å². The first-order valence-corrected chi connectivity index (χ1v) is 6.80. The summed E-state index contributed by atoms with van der Waals surface area (Å²) >= 11 is 0. The van der Waals surface area contributed by atoms with Crippen molar-refractivity contribution in [2.24, 2.45) is 0 Å². The van der Waals surface area contributed by atoms with Crippen molar-refractivity contribution in [2.45, 2.75) is 13.3 Å². The van der Waals surface area contributed by atoms with Crippen LogP contribution in [0.3, 0.4) is 0 Å². The van der Waals surface area contributed by atoms with Crippen molar-refractivity contribution in [1.29, 1.82) is 0 Å². The lowest BCUT2D eigenvalue weighted by molar-refractivity contribution is 1.11. The summed E-state index contributed by atoms with van der Waals surface area (Å²) in [6.45, 7) is 2.21. The first kappa shape index (κ1) is 7.29. The molecule has 3 heteroatoms. The van der Waals surface area contributed by atoms with Gasteiger partial charge in [-0.1, -0.05) is 20.6 Å². The number of rotatable bonds is 2. The third-order valence-corrected chi connectivity index (χ3v) is 2.99. The highest BCUT2D eigenvalue weighted by Gasteiger charge is 1.84. The van der Waals surface area contributed by atoms with E-state index < -0.39 is 0 Å². The standard InChI is InChI=1S/C3H11P3/c1-2-3-6(4)5/h2-5H2,1H3. The fraction of sp³-hybridized carbons (Fsp3) is 1.00. The molecule has 6 heavy (non-hydrogen) atoms. The predicted octanol–water partition coefficient (Wildman–Crippen LogP) is 2.46. The van der Waals surface area contributed by atoms with Gasteiger partial charge in [0.05, 0.1) is 0 Å². The van der Waals surface area contributed by atoms with Crippen molar-refractivity contribution < 1.29 is 0 Å². The molecular weight excluding hydrogens is 129 g/mol. The van der Waals surface area contributed by atoms with E-state index in [-0.39, 0.29) is 7.30 Å². The summed E-state index contributed by atoms with van der Waals surface area (Å²) in [4.78, 5) is 0. The molecule has 0 aromatic rings. The normalized spacial score (nSPS) is 10.0. The Hall–Kier alpha value is 1.29. The van der Waals surface area contributed by atoms with E-state index in [1.807, 2.05) is 0 Å². The van der Waals surface area contributed by atoms with Crippen molar-refractivity contribution in [3.05, 3.63) is 0 Å². The third kappa shape index (κ3) is 5.29. The molecule has 0 spiro atoms. The van der Waals surface area contributed by atoms with Crippen LogP contribution in [0.2, 0.25) is 0 Å². The SMILES string of the molecule is CCCP(P)P. The zero-order valence-electron chi connectivity index (χ0n) is 4.02.